The molecule has 0 heterocycles. The molecule has 3 heteroatoms. The van der Waals surface area contributed by atoms with Gasteiger partial charge in [-0.05, 0) is 38.4 Å². The summed E-state index contributed by atoms with van der Waals surface area (Å²) in [5.41, 5.74) is 0.594. The van der Waals surface area contributed by atoms with E-state index < -0.39 is 5.41 Å². The average Bonchev–Trinajstić information content (AvgIpc) is 2.66. The molecule has 0 aromatic heterocycles. The lowest BCUT2D eigenvalue weighted by atomic mass is 9.69. The Kier molecular flexibility index (Phi) is 7.52. The van der Waals surface area contributed by atoms with Gasteiger partial charge in [0, 0.05) is 0 Å². The van der Waals surface area contributed by atoms with Gasteiger partial charge in [0.1, 0.15) is 0 Å². The number of rotatable bonds is 6. The molecule has 1 atom stereocenters. The number of esters is 1. The smallest absolute Gasteiger partial charge is 0.317 e. The predicted molar refractivity (Wildman–Crippen MR) is 102 cm³/mol. The van der Waals surface area contributed by atoms with Gasteiger partial charge in [0.15, 0.2) is 6.10 Å². The Morgan fingerprint density at radius 2 is 1.80 bits per heavy atom. The predicted octanol–water partition coefficient (Wildman–Crippen LogP) is 4.17. The lowest BCUT2D eigenvalue weighted by Crippen LogP contribution is -2.40. The second kappa shape index (κ2) is 9.63. The molecule has 0 bridgehead atoms. The third-order valence-electron chi connectivity index (χ3n) is 5.21. The molecule has 0 spiro atoms. The number of hydrogen-bond donors (Lipinski definition) is 0. The van der Waals surface area contributed by atoms with Crippen molar-refractivity contribution in [1.82, 2.24) is 4.90 Å². The van der Waals surface area contributed by atoms with Crippen LogP contribution < -0.4 is 0 Å². The van der Waals surface area contributed by atoms with Gasteiger partial charge in [0.05, 0.1) is 12.0 Å². The first-order valence-electron chi connectivity index (χ1n) is 9.59. The maximum absolute atomic E-state index is 13.0. The number of nitrogens with zero attached hydrogens (tertiary/aromatic N) is 1. The summed E-state index contributed by atoms with van der Waals surface area (Å²) in [7, 11) is 0. The third-order valence-corrected chi connectivity index (χ3v) is 5.21. The minimum absolute atomic E-state index is 0.108. The van der Waals surface area contributed by atoms with Crippen LogP contribution in [0.4, 0.5) is 0 Å². The van der Waals surface area contributed by atoms with Crippen LogP contribution in [-0.4, -0.2) is 36.6 Å². The fourth-order valence-electron chi connectivity index (χ4n) is 3.57. The molecule has 0 radical (unpaired) electrons. The second-order valence-electron chi connectivity index (χ2n) is 6.84. The summed E-state index contributed by atoms with van der Waals surface area (Å²) in [6.45, 7) is 8.81. The van der Waals surface area contributed by atoms with Gasteiger partial charge in [0.25, 0.3) is 0 Å². The van der Waals surface area contributed by atoms with Crippen molar-refractivity contribution in [2.45, 2.75) is 64.4 Å². The lowest BCUT2D eigenvalue weighted by Gasteiger charge is -2.35. The van der Waals surface area contributed by atoms with E-state index in [2.05, 4.69) is 42.7 Å². The van der Waals surface area contributed by atoms with Gasteiger partial charge in [-0.3, -0.25) is 9.69 Å². The molecule has 1 fully saturated rings. The van der Waals surface area contributed by atoms with Crippen molar-refractivity contribution in [3.05, 3.63) is 35.9 Å². The van der Waals surface area contributed by atoms with E-state index in [1.807, 2.05) is 25.1 Å². The van der Waals surface area contributed by atoms with E-state index in [0.717, 1.165) is 50.9 Å². The molecule has 1 aromatic rings. The molecule has 25 heavy (non-hydrogen) atoms. The topological polar surface area (TPSA) is 29.5 Å². The molecule has 0 aliphatic heterocycles. The molecule has 1 unspecified atom stereocenters. The summed E-state index contributed by atoms with van der Waals surface area (Å²) in [6.07, 6.45) is 4.72. The van der Waals surface area contributed by atoms with Gasteiger partial charge in [-0.25, -0.2) is 0 Å². The molecule has 136 valence electrons. The summed E-state index contributed by atoms with van der Waals surface area (Å²) >= 11 is 0. The van der Waals surface area contributed by atoms with Crippen LogP contribution in [0.2, 0.25) is 0 Å². The van der Waals surface area contributed by atoms with Crippen LogP contribution in [0, 0.1) is 11.8 Å². The highest BCUT2D eigenvalue weighted by Gasteiger charge is 2.42. The van der Waals surface area contributed by atoms with Crippen molar-refractivity contribution < 1.29 is 9.53 Å². The van der Waals surface area contributed by atoms with Crippen molar-refractivity contribution in [3.63, 3.8) is 0 Å². The van der Waals surface area contributed by atoms with Crippen molar-refractivity contribution in [3.8, 4) is 11.8 Å². The second-order valence-corrected chi connectivity index (χ2v) is 6.84. The molecule has 2 rings (SSSR count). The van der Waals surface area contributed by atoms with E-state index in [9.17, 15) is 4.79 Å². The Morgan fingerprint density at radius 1 is 1.16 bits per heavy atom. The van der Waals surface area contributed by atoms with Crippen LogP contribution in [0.3, 0.4) is 0 Å². The SMILES string of the molecule is CCN(CC)CC#CC(C)OC(=O)C1(c2ccccc2)CCCCC1. The van der Waals surface area contributed by atoms with Crippen LogP contribution >= 0.6 is 0 Å². The molecule has 0 saturated heterocycles. The molecular formula is C22H31NO2. The highest BCUT2D eigenvalue weighted by molar-refractivity contribution is 5.83. The van der Waals surface area contributed by atoms with Crippen molar-refractivity contribution in [1.29, 1.82) is 0 Å². The minimum atomic E-state index is -0.492. The van der Waals surface area contributed by atoms with Gasteiger partial charge < -0.3 is 4.74 Å². The van der Waals surface area contributed by atoms with E-state index in [-0.39, 0.29) is 12.1 Å². The van der Waals surface area contributed by atoms with Gasteiger partial charge >= 0.3 is 5.97 Å². The normalized spacial score (nSPS) is 17.4. The van der Waals surface area contributed by atoms with Gasteiger partial charge in [0.2, 0.25) is 0 Å². The fraction of sp³-hybridized carbons (Fsp3) is 0.591. The van der Waals surface area contributed by atoms with Gasteiger partial charge in [-0.1, -0.05) is 75.3 Å². The van der Waals surface area contributed by atoms with E-state index in [1.54, 1.807) is 0 Å². The highest BCUT2D eigenvalue weighted by Crippen LogP contribution is 2.40. The van der Waals surface area contributed by atoms with Crippen molar-refractivity contribution in [2.75, 3.05) is 19.6 Å². The van der Waals surface area contributed by atoms with Crippen LogP contribution in [0.1, 0.15) is 58.4 Å². The Morgan fingerprint density at radius 3 is 2.40 bits per heavy atom. The average molecular weight is 341 g/mol. The van der Waals surface area contributed by atoms with Gasteiger partial charge in [-0.2, -0.15) is 0 Å². The zero-order valence-corrected chi connectivity index (χ0v) is 15.9. The summed E-state index contributed by atoms with van der Waals surface area (Å²) in [5, 5.41) is 0. The Bertz CT molecular complexity index is 589. The Labute approximate surface area is 152 Å². The Balaban J connectivity index is 2.07. The molecule has 3 nitrogen and oxygen atoms in total. The molecule has 0 amide bonds. The first kappa shape index (κ1) is 19.5. The molecule has 0 N–H and O–H groups in total. The minimum Gasteiger partial charge on any atom is -0.449 e. The maximum Gasteiger partial charge on any atom is 0.317 e. The third kappa shape index (κ3) is 5.09. The molecule has 1 aromatic carbocycles. The molecule has 1 aliphatic rings. The number of carbonyl (C=O) groups is 1. The summed E-state index contributed by atoms with van der Waals surface area (Å²) in [6, 6.07) is 10.1. The van der Waals surface area contributed by atoms with Crippen LogP contribution in [0.5, 0.6) is 0 Å². The number of hydrogen-bond acceptors (Lipinski definition) is 3. The van der Waals surface area contributed by atoms with Crippen LogP contribution in [0.25, 0.3) is 0 Å². The number of carbonyl (C=O) groups excluding carboxylic acids is 1. The quantitative estimate of drug-likeness (QED) is 0.575. The first-order chi connectivity index (χ1) is 12.1. The molecular weight excluding hydrogens is 310 g/mol. The lowest BCUT2D eigenvalue weighted by molar-refractivity contribution is -0.154. The van der Waals surface area contributed by atoms with Crippen LogP contribution in [-0.2, 0) is 14.9 Å². The first-order valence-corrected chi connectivity index (χ1v) is 9.59. The summed E-state index contributed by atoms with van der Waals surface area (Å²) < 4.78 is 5.77. The molecule has 1 aliphatic carbocycles. The number of benzene rings is 1. The van der Waals surface area contributed by atoms with E-state index >= 15 is 0 Å². The largest absolute Gasteiger partial charge is 0.449 e. The monoisotopic (exact) mass is 341 g/mol. The standard InChI is InChI=1S/C22H31NO2/c1-4-23(5-2)18-12-13-19(3)25-21(24)22(16-10-7-11-17-22)20-14-8-6-9-15-20/h6,8-9,14-15,19H,4-5,7,10-11,16-18H2,1-3H3. The van der Waals surface area contributed by atoms with E-state index in [0.29, 0.717) is 0 Å². The molecule has 1 saturated carbocycles. The zero-order valence-electron chi connectivity index (χ0n) is 15.9. The highest BCUT2D eigenvalue weighted by atomic mass is 16.5. The maximum atomic E-state index is 13.0. The van der Waals surface area contributed by atoms with E-state index in [1.165, 1.54) is 6.42 Å². The zero-order chi connectivity index (χ0) is 18.1. The summed E-state index contributed by atoms with van der Waals surface area (Å²) in [5.74, 6) is 6.12. The van der Waals surface area contributed by atoms with E-state index in [4.69, 9.17) is 4.74 Å². The number of ether oxygens (including phenoxy) is 1. The van der Waals surface area contributed by atoms with Crippen molar-refractivity contribution in [2.24, 2.45) is 0 Å². The van der Waals surface area contributed by atoms with Crippen LogP contribution in [0.15, 0.2) is 30.3 Å². The van der Waals surface area contributed by atoms with Crippen molar-refractivity contribution >= 4 is 5.97 Å². The summed E-state index contributed by atoms with van der Waals surface area (Å²) in [4.78, 5) is 15.3. The Hall–Kier alpha value is -1.79. The fourth-order valence-corrected chi connectivity index (χ4v) is 3.57. The van der Waals surface area contributed by atoms with Gasteiger partial charge in [-0.15, -0.1) is 0 Å².